The second kappa shape index (κ2) is 5.87. The molecular weight excluding hydrogens is 204 g/mol. The molecule has 0 bridgehead atoms. The van der Waals surface area contributed by atoms with Gasteiger partial charge in [0.1, 0.15) is 0 Å². The van der Waals surface area contributed by atoms with Crippen LogP contribution in [0.3, 0.4) is 0 Å². The monoisotopic (exact) mass is 226 g/mol. The first-order valence-corrected chi connectivity index (χ1v) is 6.09. The Labute approximate surface area is 97.6 Å². The van der Waals surface area contributed by atoms with Gasteiger partial charge in [-0.3, -0.25) is 9.59 Å². The van der Waals surface area contributed by atoms with Crippen LogP contribution in [0.4, 0.5) is 0 Å². The molecule has 4 heteroatoms. The highest BCUT2D eigenvalue weighted by Crippen LogP contribution is 2.14. The molecule has 2 aliphatic heterocycles. The van der Waals surface area contributed by atoms with E-state index in [0.717, 1.165) is 38.8 Å². The quantitative estimate of drug-likeness (QED) is 0.675. The first kappa shape index (κ1) is 13.0. The van der Waals surface area contributed by atoms with Crippen LogP contribution in [0.1, 0.15) is 39.5 Å². The van der Waals surface area contributed by atoms with Crippen molar-refractivity contribution in [3.8, 4) is 0 Å². The van der Waals surface area contributed by atoms with Gasteiger partial charge in [-0.1, -0.05) is 0 Å². The van der Waals surface area contributed by atoms with Gasteiger partial charge >= 0.3 is 0 Å². The molecule has 0 aromatic carbocycles. The van der Waals surface area contributed by atoms with Crippen LogP contribution in [-0.2, 0) is 9.59 Å². The van der Waals surface area contributed by atoms with Gasteiger partial charge in [0, 0.05) is 39.0 Å². The summed E-state index contributed by atoms with van der Waals surface area (Å²) < 4.78 is 0. The minimum absolute atomic E-state index is 0.289. The van der Waals surface area contributed by atoms with Gasteiger partial charge in [0.2, 0.25) is 11.8 Å². The Morgan fingerprint density at radius 1 is 1.25 bits per heavy atom. The van der Waals surface area contributed by atoms with Crippen molar-refractivity contribution < 1.29 is 9.59 Å². The summed E-state index contributed by atoms with van der Waals surface area (Å²) in [6.07, 6.45) is 3.62. The first-order valence-electron chi connectivity index (χ1n) is 6.09. The molecule has 2 heterocycles. The third-order valence-corrected chi connectivity index (χ3v) is 3.38. The molecule has 0 N–H and O–H groups in total. The highest BCUT2D eigenvalue weighted by Gasteiger charge is 2.22. The molecule has 1 atom stereocenters. The molecule has 2 amide bonds. The normalized spacial score (nSPS) is 24.8. The van der Waals surface area contributed by atoms with Crippen molar-refractivity contribution in [2.24, 2.45) is 0 Å². The van der Waals surface area contributed by atoms with Gasteiger partial charge in [0.15, 0.2) is 0 Å². The van der Waals surface area contributed by atoms with Gasteiger partial charge in [-0.05, 0) is 26.7 Å². The van der Waals surface area contributed by atoms with Gasteiger partial charge in [-0.15, -0.1) is 0 Å². The van der Waals surface area contributed by atoms with Crippen LogP contribution >= 0.6 is 0 Å². The number of rotatable bonds is 1. The number of hydrogen-bond acceptors (Lipinski definition) is 2. The largest absolute Gasteiger partial charge is 0.343 e. The lowest BCUT2D eigenvalue weighted by Gasteiger charge is -2.13. The maximum Gasteiger partial charge on any atom is 0.222 e. The second-order valence-corrected chi connectivity index (χ2v) is 4.47. The van der Waals surface area contributed by atoms with Crippen LogP contribution in [0.15, 0.2) is 0 Å². The van der Waals surface area contributed by atoms with E-state index in [-0.39, 0.29) is 5.91 Å². The van der Waals surface area contributed by atoms with Gasteiger partial charge < -0.3 is 9.80 Å². The molecule has 2 rings (SSSR count). The number of nitrogens with zero attached hydrogens (tertiary/aromatic N) is 2. The molecule has 0 aromatic heterocycles. The van der Waals surface area contributed by atoms with Crippen LogP contribution in [-0.4, -0.2) is 47.8 Å². The van der Waals surface area contributed by atoms with E-state index < -0.39 is 0 Å². The first-order chi connectivity index (χ1) is 7.56. The zero-order valence-corrected chi connectivity index (χ0v) is 10.5. The van der Waals surface area contributed by atoms with Crippen molar-refractivity contribution in [3.05, 3.63) is 0 Å². The van der Waals surface area contributed by atoms with Gasteiger partial charge in [0.05, 0.1) is 0 Å². The third kappa shape index (κ3) is 3.22. The smallest absolute Gasteiger partial charge is 0.222 e. The van der Waals surface area contributed by atoms with Crippen LogP contribution in [0, 0.1) is 0 Å². The molecule has 0 spiro atoms. The summed E-state index contributed by atoms with van der Waals surface area (Å²) >= 11 is 0. The van der Waals surface area contributed by atoms with Gasteiger partial charge in [-0.25, -0.2) is 0 Å². The molecule has 0 radical (unpaired) electrons. The zero-order valence-electron chi connectivity index (χ0n) is 10.5. The van der Waals surface area contributed by atoms with Crippen LogP contribution in [0.2, 0.25) is 0 Å². The van der Waals surface area contributed by atoms with E-state index in [0.29, 0.717) is 11.9 Å². The number of amides is 2. The molecule has 2 aliphatic rings. The van der Waals surface area contributed by atoms with E-state index in [1.54, 1.807) is 4.90 Å². The Balaban J connectivity index is 0.000000160. The van der Waals surface area contributed by atoms with Crippen molar-refractivity contribution in [2.45, 2.75) is 45.6 Å². The minimum atomic E-state index is 0.289. The third-order valence-electron chi connectivity index (χ3n) is 3.38. The van der Waals surface area contributed by atoms with E-state index in [1.807, 2.05) is 18.9 Å². The lowest BCUT2D eigenvalue weighted by atomic mass is 10.2. The fraction of sp³-hybridized carbons (Fsp3) is 0.833. The number of carbonyl (C=O) groups is 2. The topological polar surface area (TPSA) is 40.6 Å². The standard InChI is InChI=1S/2C6H11NO/c1-5-3-4-6(8)7(5)2;1-2-7-5-3-4-6(7)8/h5H,3-4H2,1-2H3;2-5H2,1H3. The molecule has 4 nitrogen and oxygen atoms in total. The van der Waals surface area contributed by atoms with Crippen molar-refractivity contribution in [3.63, 3.8) is 0 Å². The molecule has 2 fully saturated rings. The number of carbonyl (C=O) groups excluding carboxylic acids is 2. The Hall–Kier alpha value is -1.06. The number of likely N-dealkylation sites (tertiary alicyclic amines) is 2. The molecular formula is C12H22N2O2. The summed E-state index contributed by atoms with van der Waals surface area (Å²) in [5.41, 5.74) is 0. The van der Waals surface area contributed by atoms with Crippen LogP contribution in [0.5, 0.6) is 0 Å². The Morgan fingerprint density at radius 2 is 1.94 bits per heavy atom. The Kier molecular flexibility index (Phi) is 4.77. The summed E-state index contributed by atoms with van der Waals surface area (Å²) in [6, 6.07) is 0.475. The van der Waals surface area contributed by atoms with E-state index in [9.17, 15) is 9.59 Å². The SMILES string of the molecule is CC1CCC(=O)N1C.CCN1CCCC1=O. The van der Waals surface area contributed by atoms with Crippen molar-refractivity contribution >= 4 is 11.8 Å². The summed E-state index contributed by atoms with van der Waals surface area (Å²) in [5, 5.41) is 0. The van der Waals surface area contributed by atoms with Gasteiger partial charge in [0.25, 0.3) is 0 Å². The summed E-state index contributed by atoms with van der Waals surface area (Å²) in [5.74, 6) is 0.616. The Bertz CT molecular complexity index is 260. The molecule has 16 heavy (non-hydrogen) atoms. The average molecular weight is 226 g/mol. The molecule has 92 valence electrons. The van der Waals surface area contributed by atoms with Crippen LogP contribution < -0.4 is 0 Å². The zero-order chi connectivity index (χ0) is 12.1. The fourth-order valence-electron chi connectivity index (χ4n) is 1.99. The van der Waals surface area contributed by atoms with Crippen LogP contribution in [0.25, 0.3) is 0 Å². The van der Waals surface area contributed by atoms with Crippen molar-refractivity contribution in [1.82, 2.24) is 9.80 Å². The van der Waals surface area contributed by atoms with E-state index in [1.165, 1.54) is 0 Å². The maximum absolute atomic E-state index is 10.7. The fourth-order valence-corrected chi connectivity index (χ4v) is 1.99. The predicted octanol–water partition coefficient (Wildman–Crippen LogP) is 1.26. The second-order valence-electron chi connectivity index (χ2n) is 4.47. The summed E-state index contributed by atoms with van der Waals surface area (Å²) in [4.78, 5) is 25.1. The Morgan fingerprint density at radius 3 is 2.12 bits per heavy atom. The molecule has 0 saturated carbocycles. The molecule has 0 aliphatic carbocycles. The van der Waals surface area contributed by atoms with E-state index in [4.69, 9.17) is 0 Å². The summed E-state index contributed by atoms with van der Waals surface area (Å²) in [6.45, 7) is 5.96. The highest BCUT2D eigenvalue weighted by molar-refractivity contribution is 5.78. The number of hydrogen-bond donors (Lipinski definition) is 0. The molecule has 0 aromatic rings. The molecule has 2 saturated heterocycles. The summed E-state index contributed by atoms with van der Waals surface area (Å²) in [7, 11) is 1.86. The van der Waals surface area contributed by atoms with Crippen molar-refractivity contribution in [1.29, 1.82) is 0 Å². The molecule has 1 unspecified atom stereocenters. The lowest BCUT2D eigenvalue weighted by Crippen LogP contribution is -2.25. The lowest BCUT2D eigenvalue weighted by molar-refractivity contribution is -0.128. The van der Waals surface area contributed by atoms with Gasteiger partial charge in [-0.2, -0.15) is 0 Å². The van der Waals surface area contributed by atoms with E-state index in [2.05, 4.69) is 6.92 Å². The van der Waals surface area contributed by atoms with Crippen molar-refractivity contribution in [2.75, 3.05) is 20.1 Å². The maximum atomic E-state index is 10.7. The highest BCUT2D eigenvalue weighted by atomic mass is 16.2. The minimum Gasteiger partial charge on any atom is -0.343 e. The predicted molar refractivity (Wildman–Crippen MR) is 63.0 cm³/mol. The van der Waals surface area contributed by atoms with E-state index >= 15 is 0 Å². The average Bonchev–Trinajstić information content (AvgIpc) is 2.81.